The van der Waals surface area contributed by atoms with Crippen LogP contribution in [0.2, 0.25) is 0 Å². The summed E-state index contributed by atoms with van der Waals surface area (Å²) in [5.41, 5.74) is 5.19. The van der Waals surface area contributed by atoms with Crippen LogP contribution in [0.15, 0.2) is 18.2 Å². The number of aromatic amines is 1. The van der Waals surface area contributed by atoms with Crippen LogP contribution in [0.4, 0.5) is 11.5 Å². The van der Waals surface area contributed by atoms with Gasteiger partial charge in [-0.25, -0.2) is 0 Å². The summed E-state index contributed by atoms with van der Waals surface area (Å²) in [5.74, 6) is 0.382. The first-order chi connectivity index (χ1) is 27.8. The number of esters is 1. The molecule has 5 rings (SSSR count). The summed E-state index contributed by atoms with van der Waals surface area (Å²) in [6.45, 7) is 20.3. The van der Waals surface area contributed by atoms with Gasteiger partial charge in [-0.2, -0.15) is 4.37 Å². The molecule has 58 heavy (non-hydrogen) atoms. The maximum atomic E-state index is 13.1. The number of hydrogen-bond acceptors (Lipinski definition) is 13. The number of aryl methyl sites for hydroxylation is 1. The van der Waals surface area contributed by atoms with Crippen molar-refractivity contribution in [2.75, 3.05) is 75.9 Å². The zero-order valence-electron chi connectivity index (χ0n) is 35.0. The van der Waals surface area contributed by atoms with Crippen molar-refractivity contribution < 1.29 is 33.4 Å². The molecule has 3 aromatic rings. The Morgan fingerprint density at radius 1 is 1.09 bits per heavy atom. The summed E-state index contributed by atoms with van der Waals surface area (Å²) in [6, 6.07) is 5.54. The fraction of sp³-hybridized carbons (Fsp3) is 0.571. The van der Waals surface area contributed by atoms with Crippen LogP contribution < -0.4 is 25.6 Å². The molecule has 0 unspecified atom stereocenters. The number of rotatable bonds is 21. The molecule has 16 heteroatoms. The first kappa shape index (κ1) is 44.5. The number of nitrogens with zero attached hydrogens (tertiary/aromatic N) is 4. The zero-order chi connectivity index (χ0) is 41.8. The number of nitrogens with one attached hydrogen (secondary N) is 4. The predicted octanol–water partition coefficient (Wildman–Crippen LogP) is 4.93. The Morgan fingerprint density at radius 2 is 1.83 bits per heavy atom. The Bertz CT molecular complexity index is 1920. The van der Waals surface area contributed by atoms with E-state index < -0.39 is 6.10 Å². The number of carbonyl (C=O) groups excluding carboxylic acids is 4. The number of anilines is 2. The van der Waals surface area contributed by atoms with Crippen LogP contribution in [0.3, 0.4) is 0 Å². The van der Waals surface area contributed by atoms with Crippen LogP contribution in [-0.2, 0) is 30.3 Å². The van der Waals surface area contributed by atoms with Crippen molar-refractivity contribution in [3.8, 4) is 5.88 Å². The number of ketones is 1. The van der Waals surface area contributed by atoms with Crippen molar-refractivity contribution >= 4 is 58.4 Å². The standard InChI is InChI=1S/C42H60N8O7S/c1-8-49(9-2)17-16-43-40(54)37-27(3)35(45-28(37)4)24-33-32-23-29(14-15-34(32)46-39(33)53)22-30(51)12-10-11-13-36(52)57-31(25-44-42(5,6)7)26-56-41-38(47-58-48-41)50-18-20-55-21-19-50/h14-15,23-24,31,44-45H,8-13,16-22,25-26H2,1-7H3,(H,43,54)(H,46,53)/b33-24-/t31-/m0/s1. The van der Waals surface area contributed by atoms with E-state index in [-0.39, 0.29) is 48.6 Å². The number of fused-ring (bicyclic) bond motifs is 1. The quantitative estimate of drug-likeness (QED) is 0.0648. The van der Waals surface area contributed by atoms with Crippen molar-refractivity contribution in [3.05, 3.63) is 51.8 Å². The topological polar surface area (TPSA) is 180 Å². The number of H-pyrrole nitrogens is 1. The molecule has 15 nitrogen and oxygen atoms in total. The van der Waals surface area contributed by atoms with E-state index >= 15 is 0 Å². The number of aromatic nitrogens is 3. The first-order valence-electron chi connectivity index (χ1n) is 20.4. The average Bonchev–Trinajstić information content (AvgIpc) is 3.87. The van der Waals surface area contributed by atoms with Gasteiger partial charge in [0.15, 0.2) is 0 Å². The lowest BCUT2D eigenvalue weighted by molar-refractivity contribution is -0.150. The molecule has 0 spiro atoms. The highest BCUT2D eigenvalue weighted by atomic mass is 32.1. The Morgan fingerprint density at radius 3 is 2.55 bits per heavy atom. The number of benzene rings is 1. The smallest absolute Gasteiger partial charge is 0.306 e. The molecule has 1 saturated heterocycles. The van der Waals surface area contributed by atoms with Gasteiger partial charge in [-0.05, 0) is 89.9 Å². The third kappa shape index (κ3) is 12.4. The second kappa shape index (κ2) is 20.9. The Hall–Kier alpha value is -4.64. The summed E-state index contributed by atoms with van der Waals surface area (Å²) >= 11 is 1.08. The largest absolute Gasteiger partial charge is 0.470 e. The van der Waals surface area contributed by atoms with Gasteiger partial charge in [0, 0.05) is 80.2 Å². The number of Topliss-reactive ketones (excluding diaryl/α,β-unsaturated/α-hetero) is 1. The van der Waals surface area contributed by atoms with Crippen LogP contribution >= 0.6 is 11.7 Å². The van der Waals surface area contributed by atoms with Crippen molar-refractivity contribution in [2.24, 2.45) is 0 Å². The van der Waals surface area contributed by atoms with Crippen molar-refractivity contribution in [1.29, 1.82) is 0 Å². The van der Waals surface area contributed by atoms with E-state index in [1.54, 1.807) is 6.08 Å². The van der Waals surface area contributed by atoms with Gasteiger partial charge in [0.2, 0.25) is 5.82 Å². The minimum absolute atomic E-state index is 0.0391. The molecule has 4 N–H and O–H groups in total. The van der Waals surface area contributed by atoms with Crippen molar-refractivity contribution in [2.45, 2.75) is 92.2 Å². The SMILES string of the molecule is CCN(CC)CCNC(=O)c1c(C)[nH]c(/C=C2\C(=O)Nc3ccc(CC(=O)CCCCC(=O)O[C@@H](CNC(C)(C)C)COc4nsnc4N4CCOCC4)cc32)c1C. The third-order valence-corrected chi connectivity index (χ3v) is 10.8. The first-order valence-corrected chi connectivity index (χ1v) is 21.1. The summed E-state index contributed by atoms with van der Waals surface area (Å²) in [4.78, 5) is 59.9. The molecule has 0 aliphatic carbocycles. The molecule has 1 fully saturated rings. The summed E-state index contributed by atoms with van der Waals surface area (Å²) in [6.07, 6.45) is 2.95. The van der Waals surface area contributed by atoms with Crippen LogP contribution in [-0.4, -0.2) is 119 Å². The van der Waals surface area contributed by atoms with E-state index in [0.29, 0.717) is 98.4 Å². The lowest BCUT2D eigenvalue weighted by atomic mass is 9.98. The molecule has 1 atom stereocenters. The number of hydrogen-bond donors (Lipinski definition) is 4. The Kier molecular flexibility index (Phi) is 16.0. The van der Waals surface area contributed by atoms with E-state index in [1.165, 1.54) is 0 Å². The molecular weight excluding hydrogens is 761 g/mol. The van der Waals surface area contributed by atoms with Crippen molar-refractivity contribution in [1.82, 2.24) is 29.3 Å². The van der Waals surface area contributed by atoms with Crippen LogP contribution in [0, 0.1) is 13.8 Å². The van der Waals surface area contributed by atoms with Gasteiger partial charge in [-0.15, -0.1) is 4.37 Å². The minimum Gasteiger partial charge on any atom is -0.470 e. The highest BCUT2D eigenvalue weighted by Gasteiger charge is 2.27. The van der Waals surface area contributed by atoms with Gasteiger partial charge in [0.05, 0.1) is 36.1 Å². The van der Waals surface area contributed by atoms with Crippen LogP contribution in [0.25, 0.3) is 11.6 Å². The van der Waals surface area contributed by atoms with E-state index in [4.69, 9.17) is 14.2 Å². The van der Waals surface area contributed by atoms with Gasteiger partial charge in [0.1, 0.15) is 18.5 Å². The molecule has 2 aliphatic rings. The molecule has 0 saturated carbocycles. The van der Waals surface area contributed by atoms with Gasteiger partial charge in [0.25, 0.3) is 17.7 Å². The second-order valence-corrected chi connectivity index (χ2v) is 16.3. The molecule has 2 aromatic heterocycles. The number of ether oxygens (including phenoxy) is 3. The van der Waals surface area contributed by atoms with E-state index in [2.05, 4.69) is 53.3 Å². The monoisotopic (exact) mass is 820 g/mol. The highest BCUT2D eigenvalue weighted by Crippen LogP contribution is 2.35. The number of morpholine rings is 1. The van der Waals surface area contributed by atoms with E-state index in [1.807, 2.05) is 52.8 Å². The second-order valence-electron chi connectivity index (χ2n) is 15.8. The number of amides is 2. The lowest BCUT2D eigenvalue weighted by Gasteiger charge is -2.27. The minimum atomic E-state index is -0.549. The third-order valence-electron chi connectivity index (χ3n) is 10.3. The predicted molar refractivity (Wildman–Crippen MR) is 227 cm³/mol. The number of likely N-dealkylation sites (N-methyl/N-ethyl adjacent to an activating group) is 1. The zero-order valence-corrected chi connectivity index (χ0v) is 35.9. The Labute approximate surface area is 346 Å². The molecule has 4 heterocycles. The Balaban J connectivity index is 1.11. The lowest BCUT2D eigenvalue weighted by Crippen LogP contribution is -2.44. The fourth-order valence-electron chi connectivity index (χ4n) is 6.96. The molecule has 316 valence electrons. The molecule has 2 amide bonds. The number of carbonyl (C=O) groups is 4. The van der Waals surface area contributed by atoms with Gasteiger partial charge in [-0.3, -0.25) is 19.2 Å². The molecule has 1 aromatic carbocycles. The van der Waals surface area contributed by atoms with Crippen molar-refractivity contribution in [3.63, 3.8) is 0 Å². The van der Waals surface area contributed by atoms with Gasteiger partial charge in [-0.1, -0.05) is 19.9 Å². The van der Waals surface area contributed by atoms with Gasteiger partial charge < -0.3 is 44.9 Å². The average molecular weight is 821 g/mol. The summed E-state index contributed by atoms with van der Waals surface area (Å²) in [7, 11) is 0. The maximum Gasteiger partial charge on any atom is 0.306 e. The van der Waals surface area contributed by atoms with Crippen LogP contribution in [0.1, 0.15) is 98.7 Å². The number of unbranched alkanes of at least 4 members (excludes halogenated alkanes) is 1. The maximum absolute atomic E-state index is 13.1. The van der Waals surface area contributed by atoms with E-state index in [0.717, 1.165) is 48.2 Å². The molecule has 0 radical (unpaired) electrons. The molecule has 2 aliphatic heterocycles. The van der Waals surface area contributed by atoms with Crippen LogP contribution in [0.5, 0.6) is 5.88 Å². The summed E-state index contributed by atoms with van der Waals surface area (Å²) < 4.78 is 26.1. The normalized spacial score (nSPS) is 15.4. The highest BCUT2D eigenvalue weighted by molar-refractivity contribution is 6.99. The van der Waals surface area contributed by atoms with Gasteiger partial charge >= 0.3 is 5.97 Å². The molecular formula is C42H60N8O7S. The van der Waals surface area contributed by atoms with E-state index in [9.17, 15) is 19.2 Å². The molecule has 0 bridgehead atoms. The fourth-order valence-corrected chi connectivity index (χ4v) is 7.48. The summed E-state index contributed by atoms with van der Waals surface area (Å²) in [5, 5.41) is 9.33.